The Labute approximate surface area is 125 Å². The molecule has 2 aliphatic rings. The number of rotatable bonds is 1. The lowest BCUT2D eigenvalue weighted by Gasteiger charge is -2.46. The summed E-state index contributed by atoms with van der Waals surface area (Å²) in [4.78, 5) is 27.5. The average molecular weight is 286 g/mol. The third kappa shape index (κ3) is 2.23. The third-order valence-electron chi connectivity index (χ3n) is 5.23. The first-order valence-corrected chi connectivity index (χ1v) is 7.63. The summed E-state index contributed by atoms with van der Waals surface area (Å²) < 4.78 is 0. The molecule has 0 bridgehead atoms. The molecule has 2 aliphatic heterocycles. The molecule has 112 valence electrons. The Morgan fingerprint density at radius 1 is 1.05 bits per heavy atom. The fourth-order valence-corrected chi connectivity index (χ4v) is 4.05. The van der Waals surface area contributed by atoms with E-state index in [2.05, 4.69) is 24.3 Å². The molecule has 1 aromatic rings. The van der Waals surface area contributed by atoms with Crippen LogP contribution in [0.4, 0.5) is 0 Å². The Kier molecular flexibility index (Phi) is 3.47. The molecule has 0 aromatic heterocycles. The fourth-order valence-electron chi connectivity index (χ4n) is 4.05. The van der Waals surface area contributed by atoms with Gasteiger partial charge in [-0.25, -0.2) is 0 Å². The highest BCUT2D eigenvalue weighted by molar-refractivity contribution is 5.76. The molecule has 0 N–H and O–H groups in total. The summed E-state index contributed by atoms with van der Waals surface area (Å²) in [5.41, 5.74) is 1.32. The average Bonchev–Trinajstić information content (AvgIpc) is 2.88. The van der Waals surface area contributed by atoms with Crippen molar-refractivity contribution in [3.63, 3.8) is 0 Å². The number of carbonyl (C=O) groups is 2. The van der Waals surface area contributed by atoms with Gasteiger partial charge in [0.2, 0.25) is 11.8 Å². The van der Waals surface area contributed by atoms with Crippen molar-refractivity contribution in [1.82, 2.24) is 9.80 Å². The molecule has 3 rings (SSSR count). The van der Waals surface area contributed by atoms with Crippen LogP contribution < -0.4 is 0 Å². The van der Waals surface area contributed by atoms with E-state index in [0.29, 0.717) is 6.54 Å². The number of carbonyl (C=O) groups excluding carboxylic acids is 2. The van der Waals surface area contributed by atoms with E-state index in [1.165, 1.54) is 5.56 Å². The predicted molar refractivity (Wildman–Crippen MR) is 80.8 cm³/mol. The van der Waals surface area contributed by atoms with Crippen molar-refractivity contribution in [2.75, 3.05) is 19.6 Å². The van der Waals surface area contributed by atoms with Crippen molar-refractivity contribution in [3.8, 4) is 0 Å². The molecular weight excluding hydrogens is 264 g/mol. The van der Waals surface area contributed by atoms with Crippen molar-refractivity contribution in [2.24, 2.45) is 0 Å². The van der Waals surface area contributed by atoms with E-state index in [4.69, 9.17) is 0 Å². The first-order valence-electron chi connectivity index (χ1n) is 7.63. The molecule has 0 aliphatic carbocycles. The number of fused-ring (bicyclic) bond motifs is 1. The van der Waals surface area contributed by atoms with Gasteiger partial charge in [-0.15, -0.1) is 0 Å². The zero-order valence-corrected chi connectivity index (χ0v) is 12.7. The molecule has 0 saturated carbocycles. The Bertz CT molecular complexity index is 557. The molecule has 0 unspecified atom stereocenters. The van der Waals surface area contributed by atoms with Gasteiger partial charge in [-0.1, -0.05) is 30.3 Å². The molecule has 2 saturated heterocycles. The van der Waals surface area contributed by atoms with Crippen LogP contribution in [0.3, 0.4) is 0 Å². The van der Waals surface area contributed by atoms with Gasteiger partial charge < -0.3 is 9.80 Å². The highest BCUT2D eigenvalue weighted by Gasteiger charge is 2.52. The van der Waals surface area contributed by atoms with Crippen LogP contribution in [0.1, 0.15) is 32.3 Å². The van der Waals surface area contributed by atoms with Crippen LogP contribution in [-0.4, -0.2) is 47.3 Å². The summed E-state index contributed by atoms with van der Waals surface area (Å²) in [7, 11) is 0. The molecular formula is C17H22N2O2. The Hall–Kier alpha value is -1.84. The van der Waals surface area contributed by atoms with Crippen LogP contribution in [0.15, 0.2) is 30.3 Å². The molecule has 4 heteroatoms. The zero-order valence-electron chi connectivity index (χ0n) is 12.7. The van der Waals surface area contributed by atoms with Gasteiger partial charge in [0.1, 0.15) is 0 Å². The minimum atomic E-state index is 0.0128. The van der Waals surface area contributed by atoms with Crippen LogP contribution >= 0.6 is 0 Å². The molecule has 0 spiro atoms. The molecule has 4 nitrogen and oxygen atoms in total. The molecule has 0 radical (unpaired) electrons. The maximum atomic E-state index is 12.0. The molecule has 2 atom stereocenters. The third-order valence-corrected chi connectivity index (χ3v) is 5.23. The standard InChI is InChI=1S/C17H22N2O2/c1-13(20)18-10-8-17(15-6-4-3-5-7-15)9-11-19(14(2)21)16(17)12-18/h3-7,16H,8-12H2,1-2H3/t16-,17-/m0/s1. The van der Waals surface area contributed by atoms with Crippen molar-refractivity contribution >= 4 is 11.8 Å². The van der Waals surface area contributed by atoms with Gasteiger partial charge >= 0.3 is 0 Å². The van der Waals surface area contributed by atoms with E-state index in [0.717, 1.165) is 25.9 Å². The number of piperidine rings is 1. The Morgan fingerprint density at radius 2 is 1.71 bits per heavy atom. The van der Waals surface area contributed by atoms with E-state index in [-0.39, 0.29) is 23.3 Å². The van der Waals surface area contributed by atoms with E-state index < -0.39 is 0 Å². The number of hydrogen-bond acceptors (Lipinski definition) is 2. The first kappa shape index (κ1) is 14.1. The SMILES string of the molecule is CC(=O)N1CC[C@@]2(c3ccccc3)CCN(C(C)=O)[C@H]2C1. The number of likely N-dealkylation sites (tertiary alicyclic amines) is 2. The molecule has 2 fully saturated rings. The van der Waals surface area contributed by atoms with Crippen molar-refractivity contribution < 1.29 is 9.59 Å². The smallest absolute Gasteiger partial charge is 0.219 e. The van der Waals surface area contributed by atoms with Gasteiger partial charge in [-0.2, -0.15) is 0 Å². The maximum absolute atomic E-state index is 12.0. The van der Waals surface area contributed by atoms with Gasteiger partial charge in [0.15, 0.2) is 0 Å². The monoisotopic (exact) mass is 286 g/mol. The second-order valence-electron chi connectivity index (χ2n) is 6.22. The van der Waals surface area contributed by atoms with Gasteiger partial charge in [-0.3, -0.25) is 9.59 Å². The summed E-state index contributed by atoms with van der Waals surface area (Å²) in [6.07, 6.45) is 1.93. The minimum absolute atomic E-state index is 0.0128. The largest absolute Gasteiger partial charge is 0.341 e. The lowest BCUT2D eigenvalue weighted by Crippen LogP contribution is -2.57. The van der Waals surface area contributed by atoms with E-state index in [9.17, 15) is 9.59 Å². The van der Waals surface area contributed by atoms with Crippen LogP contribution in [0.5, 0.6) is 0 Å². The molecule has 21 heavy (non-hydrogen) atoms. The highest BCUT2D eigenvalue weighted by atomic mass is 16.2. The second kappa shape index (κ2) is 5.17. The van der Waals surface area contributed by atoms with Crippen LogP contribution in [0, 0.1) is 0 Å². The van der Waals surface area contributed by atoms with Gasteiger partial charge in [0.25, 0.3) is 0 Å². The summed E-state index contributed by atoms with van der Waals surface area (Å²) in [5, 5.41) is 0. The van der Waals surface area contributed by atoms with Crippen LogP contribution in [0.2, 0.25) is 0 Å². The number of amides is 2. The normalized spacial score (nSPS) is 28.4. The van der Waals surface area contributed by atoms with Crippen LogP contribution in [-0.2, 0) is 15.0 Å². The highest BCUT2D eigenvalue weighted by Crippen LogP contribution is 2.45. The fraction of sp³-hybridized carbons (Fsp3) is 0.529. The van der Waals surface area contributed by atoms with Crippen molar-refractivity contribution in [3.05, 3.63) is 35.9 Å². The summed E-state index contributed by atoms with van der Waals surface area (Å²) in [6, 6.07) is 10.6. The summed E-state index contributed by atoms with van der Waals surface area (Å²) in [6.45, 7) is 5.48. The zero-order chi connectivity index (χ0) is 15.0. The molecule has 2 amide bonds. The van der Waals surface area contributed by atoms with Crippen LogP contribution in [0.25, 0.3) is 0 Å². The van der Waals surface area contributed by atoms with E-state index in [1.54, 1.807) is 13.8 Å². The maximum Gasteiger partial charge on any atom is 0.219 e. The van der Waals surface area contributed by atoms with Gasteiger partial charge in [0.05, 0.1) is 6.04 Å². The quantitative estimate of drug-likeness (QED) is 0.790. The number of nitrogens with zero attached hydrogens (tertiary/aromatic N) is 2. The number of hydrogen-bond donors (Lipinski definition) is 0. The minimum Gasteiger partial charge on any atom is -0.341 e. The predicted octanol–water partition coefficient (Wildman–Crippen LogP) is 1.80. The van der Waals surface area contributed by atoms with E-state index in [1.807, 2.05) is 15.9 Å². The Morgan fingerprint density at radius 3 is 2.33 bits per heavy atom. The van der Waals surface area contributed by atoms with E-state index >= 15 is 0 Å². The first-order chi connectivity index (χ1) is 10.0. The topological polar surface area (TPSA) is 40.6 Å². The lowest BCUT2D eigenvalue weighted by molar-refractivity contribution is -0.136. The Balaban J connectivity index is 1.99. The van der Waals surface area contributed by atoms with Gasteiger partial charge in [0, 0.05) is 38.9 Å². The van der Waals surface area contributed by atoms with Crippen molar-refractivity contribution in [2.45, 2.75) is 38.1 Å². The number of benzene rings is 1. The summed E-state index contributed by atoms with van der Waals surface area (Å²) in [5.74, 6) is 0.218. The van der Waals surface area contributed by atoms with Crippen molar-refractivity contribution in [1.29, 1.82) is 0 Å². The lowest BCUT2D eigenvalue weighted by atomic mass is 9.69. The second-order valence-corrected chi connectivity index (χ2v) is 6.22. The molecule has 1 aromatic carbocycles. The summed E-state index contributed by atoms with van der Waals surface area (Å²) >= 11 is 0. The molecule has 2 heterocycles. The van der Waals surface area contributed by atoms with Gasteiger partial charge in [-0.05, 0) is 18.4 Å².